The third-order valence-corrected chi connectivity index (χ3v) is 7.96. The van der Waals surface area contributed by atoms with Gasteiger partial charge in [-0.25, -0.2) is 9.97 Å². The minimum absolute atomic E-state index is 0.135. The Bertz CT molecular complexity index is 1410. The van der Waals surface area contributed by atoms with Gasteiger partial charge in [0.05, 0.1) is 22.9 Å². The fraction of sp³-hybridized carbons (Fsp3) is 0.452. The van der Waals surface area contributed by atoms with Crippen LogP contribution in [0.3, 0.4) is 0 Å². The maximum Gasteiger partial charge on any atom is 0.224 e. The van der Waals surface area contributed by atoms with Crippen molar-refractivity contribution in [2.75, 3.05) is 26.8 Å². The van der Waals surface area contributed by atoms with Gasteiger partial charge in [0.25, 0.3) is 0 Å². The molecule has 0 saturated carbocycles. The van der Waals surface area contributed by atoms with Crippen LogP contribution in [0.4, 0.5) is 0 Å². The molecule has 39 heavy (non-hydrogen) atoms. The molecule has 2 aromatic carbocycles. The molecule has 3 heterocycles. The molecule has 5 rings (SSSR count). The van der Waals surface area contributed by atoms with Gasteiger partial charge in [-0.05, 0) is 55.9 Å². The Morgan fingerprint density at radius 3 is 2.72 bits per heavy atom. The van der Waals surface area contributed by atoms with Gasteiger partial charge < -0.3 is 24.5 Å². The Hall–Kier alpha value is -3.49. The van der Waals surface area contributed by atoms with Gasteiger partial charge in [0.15, 0.2) is 0 Å². The number of carbonyl (C=O) groups is 1. The van der Waals surface area contributed by atoms with Gasteiger partial charge in [-0.3, -0.25) is 4.79 Å². The zero-order valence-electron chi connectivity index (χ0n) is 23.3. The quantitative estimate of drug-likeness (QED) is 0.307. The van der Waals surface area contributed by atoms with Crippen molar-refractivity contribution < 1.29 is 9.53 Å². The molecule has 2 aromatic heterocycles. The number of likely N-dealkylation sites (tertiary alicyclic amines) is 1. The van der Waals surface area contributed by atoms with Gasteiger partial charge in [0.2, 0.25) is 5.91 Å². The lowest BCUT2D eigenvalue weighted by molar-refractivity contribution is -0.132. The molecule has 0 aliphatic carbocycles. The summed E-state index contributed by atoms with van der Waals surface area (Å²) < 4.78 is 9.71. The van der Waals surface area contributed by atoms with Gasteiger partial charge in [0, 0.05) is 58.8 Å². The van der Waals surface area contributed by atoms with E-state index in [1.54, 1.807) is 7.11 Å². The standard InChI is InChI=1S/C31H40N6O2/c1-22-33-20-29(35(22)2)24-13-11-23(12-14-24)18-26(32)19-30(38)36-15-6-8-25(21-36)31-34-27-9-4-5-10-28(27)37(31)16-7-17-39-3/h4-5,9-14,20,25-26H,6-8,15-19,21,32H2,1-3H3. The molecule has 8 heteroatoms. The highest BCUT2D eigenvalue weighted by Crippen LogP contribution is 2.30. The number of rotatable bonds is 10. The van der Waals surface area contributed by atoms with Crippen LogP contribution in [0.5, 0.6) is 0 Å². The minimum atomic E-state index is -0.221. The molecule has 2 N–H and O–H groups in total. The number of amides is 1. The second kappa shape index (κ2) is 12.1. The molecule has 2 unspecified atom stereocenters. The number of hydrogen-bond acceptors (Lipinski definition) is 5. The number of carbonyl (C=O) groups excluding carboxylic acids is 1. The second-order valence-corrected chi connectivity index (χ2v) is 10.8. The molecule has 206 valence electrons. The molecule has 1 aliphatic heterocycles. The predicted octanol–water partition coefficient (Wildman–Crippen LogP) is 4.45. The molecular formula is C31H40N6O2. The first-order chi connectivity index (χ1) is 18.9. The van der Waals surface area contributed by atoms with Crippen LogP contribution in [0, 0.1) is 6.92 Å². The van der Waals surface area contributed by atoms with E-state index in [4.69, 9.17) is 15.5 Å². The molecule has 0 bridgehead atoms. The maximum absolute atomic E-state index is 13.3. The monoisotopic (exact) mass is 528 g/mol. The Morgan fingerprint density at radius 2 is 1.97 bits per heavy atom. The van der Waals surface area contributed by atoms with Crippen molar-refractivity contribution in [1.29, 1.82) is 0 Å². The number of aromatic nitrogens is 4. The average Bonchev–Trinajstić information content (AvgIpc) is 3.49. The van der Waals surface area contributed by atoms with E-state index in [1.165, 1.54) is 0 Å². The average molecular weight is 529 g/mol. The first kappa shape index (κ1) is 27.1. The van der Waals surface area contributed by atoms with Gasteiger partial charge >= 0.3 is 0 Å². The lowest BCUT2D eigenvalue weighted by Crippen LogP contribution is -2.42. The normalized spacial score (nSPS) is 16.6. The van der Waals surface area contributed by atoms with E-state index in [9.17, 15) is 4.79 Å². The van der Waals surface area contributed by atoms with Crippen molar-refractivity contribution in [2.24, 2.45) is 12.8 Å². The number of methoxy groups -OCH3 is 1. The summed E-state index contributed by atoms with van der Waals surface area (Å²) in [5.41, 5.74) is 12.0. The van der Waals surface area contributed by atoms with E-state index in [0.717, 1.165) is 71.9 Å². The zero-order valence-corrected chi connectivity index (χ0v) is 23.3. The smallest absolute Gasteiger partial charge is 0.224 e. The van der Waals surface area contributed by atoms with Crippen molar-refractivity contribution in [3.63, 3.8) is 0 Å². The third kappa shape index (κ3) is 6.07. The minimum Gasteiger partial charge on any atom is -0.385 e. The molecule has 1 fully saturated rings. The van der Waals surface area contributed by atoms with Crippen molar-refractivity contribution in [3.8, 4) is 11.3 Å². The van der Waals surface area contributed by atoms with E-state index in [1.807, 2.05) is 31.1 Å². The van der Waals surface area contributed by atoms with E-state index >= 15 is 0 Å². The summed E-state index contributed by atoms with van der Waals surface area (Å²) in [5.74, 6) is 2.42. The summed E-state index contributed by atoms with van der Waals surface area (Å²) in [5, 5.41) is 0. The van der Waals surface area contributed by atoms with Crippen LogP contribution in [0.25, 0.3) is 22.3 Å². The Morgan fingerprint density at radius 1 is 1.18 bits per heavy atom. The van der Waals surface area contributed by atoms with Gasteiger partial charge in [0.1, 0.15) is 11.6 Å². The number of hydrogen-bond donors (Lipinski definition) is 1. The first-order valence-corrected chi connectivity index (χ1v) is 14.0. The molecule has 0 spiro atoms. The predicted molar refractivity (Wildman–Crippen MR) is 154 cm³/mol. The first-order valence-electron chi connectivity index (χ1n) is 14.0. The van der Waals surface area contributed by atoms with Crippen LogP contribution in [-0.4, -0.2) is 62.8 Å². The molecule has 8 nitrogen and oxygen atoms in total. The zero-order chi connectivity index (χ0) is 27.4. The third-order valence-electron chi connectivity index (χ3n) is 7.96. The van der Waals surface area contributed by atoms with Crippen molar-refractivity contribution in [2.45, 2.75) is 57.5 Å². The number of benzene rings is 2. The van der Waals surface area contributed by atoms with Crippen LogP contribution >= 0.6 is 0 Å². The highest BCUT2D eigenvalue weighted by molar-refractivity contribution is 5.78. The highest BCUT2D eigenvalue weighted by atomic mass is 16.5. The van der Waals surface area contributed by atoms with Gasteiger partial charge in [-0.15, -0.1) is 0 Å². The summed E-state index contributed by atoms with van der Waals surface area (Å²) in [6.07, 6.45) is 5.85. The van der Waals surface area contributed by atoms with Crippen molar-refractivity contribution >= 4 is 16.9 Å². The summed E-state index contributed by atoms with van der Waals surface area (Å²) in [6, 6.07) is 16.5. The summed E-state index contributed by atoms with van der Waals surface area (Å²) >= 11 is 0. The van der Waals surface area contributed by atoms with E-state index in [-0.39, 0.29) is 17.9 Å². The second-order valence-electron chi connectivity index (χ2n) is 10.8. The lowest BCUT2D eigenvalue weighted by atomic mass is 9.95. The topological polar surface area (TPSA) is 91.2 Å². The maximum atomic E-state index is 13.3. The largest absolute Gasteiger partial charge is 0.385 e. The molecule has 1 aliphatic rings. The fourth-order valence-electron chi connectivity index (χ4n) is 5.73. The number of piperidine rings is 1. The van der Waals surface area contributed by atoms with Crippen LogP contribution in [-0.2, 0) is 29.5 Å². The molecule has 0 radical (unpaired) electrons. The Balaban J connectivity index is 1.21. The van der Waals surface area contributed by atoms with Crippen LogP contribution in [0.2, 0.25) is 0 Å². The van der Waals surface area contributed by atoms with E-state index in [2.05, 4.69) is 56.6 Å². The van der Waals surface area contributed by atoms with Gasteiger partial charge in [-0.2, -0.15) is 0 Å². The van der Waals surface area contributed by atoms with E-state index < -0.39 is 0 Å². The Labute approximate surface area is 230 Å². The summed E-state index contributed by atoms with van der Waals surface area (Å²) in [6.45, 7) is 5.04. The number of imidazole rings is 2. The number of nitrogens with zero attached hydrogens (tertiary/aromatic N) is 5. The highest BCUT2D eigenvalue weighted by Gasteiger charge is 2.29. The van der Waals surface area contributed by atoms with E-state index in [0.29, 0.717) is 26.0 Å². The Kier molecular flexibility index (Phi) is 8.43. The molecule has 2 atom stereocenters. The number of para-hydroxylation sites is 2. The fourth-order valence-corrected chi connectivity index (χ4v) is 5.73. The van der Waals surface area contributed by atoms with Crippen LogP contribution in [0.1, 0.15) is 48.8 Å². The lowest BCUT2D eigenvalue weighted by Gasteiger charge is -2.33. The number of ether oxygens (including phenoxy) is 1. The number of aryl methyl sites for hydroxylation is 2. The van der Waals surface area contributed by atoms with Crippen molar-refractivity contribution in [3.05, 3.63) is 71.9 Å². The summed E-state index contributed by atoms with van der Waals surface area (Å²) in [4.78, 5) is 24.7. The molecular weight excluding hydrogens is 488 g/mol. The van der Waals surface area contributed by atoms with Crippen LogP contribution < -0.4 is 5.73 Å². The SMILES string of the molecule is COCCCn1c(C2CCCN(C(=O)CC(N)Cc3ccc(-c4cnc(C)n4C)cc3)C2)nc2ccccc21. The molecule has 4 aromatic rings. The number of fused-ring (bicyclic) bond motifs is 1. The number of nitrogens with two attached hydrogens (primary N) is 1. The van der Waals surface area contributed by atoms with Crippen LogP contribution in [0.15, 0.2) is 54.7 Å². The summed E-state index contributed by atoms with van der Waals surface area (Å²) in [7, 11) is 3.76. The molecule has 1 saturated heterocycles. The van der Waals surface area contributed by atoms with Crippen molar-refractivity contribution in [1.82, 2.24) is 24.0 Å². The molecule has 1 amide bonds. The van der Waals surface area contributed by atoms with Gasteiger partial charge in [-0.1, -0.05) is 36.4 Å².